The van der Waals surface area contributed by atoms with E-state index in [0.717, 1.165) is 25.1 Å². The predicted molar refractivity (Wildman–Crippen MR) is 55.3 cm³/mol. The molecule has 0 aliphatic carbocycles. The van der Waals surface area contributed by atoms with E-state index in [2.05, 4.69) is 16.4 Å². The molecule has 0 fully saturated rings. The van der Waals surface area contributed by atoms with Crippen molar-refractivity contribution >= 4 is 0 Å². The summed E-state index contributed by atoms with van der Waals surface area (Å²) >= 11 is 0. The molecule has 0 radical (unpaired) electrons. The van der Waals surface area contributed by atoms with E-state index in [1.54, 1.807) is 6.20 Å². The second-order valence-electron chi connectivity index (χ2n) is 3.23. The summed E-state index contributed by atoms with van der Waals surface area (Å²) in [6.45, 7) is 3.56. The highest BCUT2D eigenvalue weighted by atomic mass is 14.9. The number of aromatic nitrogens is 1. The average Bonchev–Trinajstić information content (AvgIpc) is 2.26. The van der Waals surface area contributed by atoms with Crippen LogP contribution >= 0.6 is 0 Å². The van der Waals surface area contributed by atoms with Gasteiger partial charge in [-0.05, 0) is 18.1 Å². The molecule has 1 heterocycles. The lowest BCUT2D eigenvalue weighted by Gasteiger charge is -2.07. The lowest BCUT2D eigenvalue weighted by molar-refractivity contribution is 0.552. The molecule has 0 spiro atoms. The van der Waals surface area contributed by atoms with Crippen molar-refractivity contribution in [2.24, 2.45) is 5.92 Å². The Morgan fingerprint density at radius 3 is 3.07 bits per heavy atom. The fourth-order valence-corrected chi connectivity index (χ4v) is 1.17. The zero-order valence-electron chi connectivity index (χ0n) is 8.40. The number of nitrogens with zero attached hydrogens (tertiary/aromatic N) is 2. The molecule has 0 aliphatic rings. The highest BCUT2D eigenvalue weighted by molar-refractivity contribution is 5.07. The molecule has 0 bridgehead atoms. The van der Waals surface area contributed by atoms with Crippen LogP contribution in [0.3, 0.4) is 0 Å². The van der Waals surface area contributed by atoms with Gasteiger partial charge in [0, 0.05) is 25.5 Å². The van der Waals surface area contributed by atoms with E-state index < -0.39 is 0 Å². The van der Waals surface area contributed by atoms with Gasteiger partial charge >= 0.3 is 0 Å². The SMILES string of the molecule is CCC(C#N)CNCc1cccnc1. The van der Waals surface area contributed by atoms with Crippen LogP contribution in [0, 0.1) is 17.2 Å². The van der Waals surface area contributed by atoms with E-state index in [-0.39, 0.29) is 5.92 Å². The maximum atomic E-state index is 8.72. The van der Waals surface area contributed by atoms with Crippen molar-refractivity contribution in [3.63, 3.8) is 0 Å². The standard InChI is InChI=1S/C11H15N3/c1-2-10(6-12)7-14-9-11-4-3-5-13-8-11/h3-5,8,10,14H,2,7,9H2,1H3. The Morgan fingerprint density at radius 1 is 1.64 bits per heavy atom. The van der Waals surface area contributed by atoms with Crippen LogP contribution in [0.4, 0.5) is 0 Å². The van der Waals surface area contributed by atoms with Gasteiger partial charge in [0.2, 0.25) is 0 Å². The normalized spacial score (nSPS) is 12.0. The van der Waals surface area contributed by atoms with Gasteiger partial charge in [0.25, 0.3) is 0 Å². The van der Waals surface area contributed by atoms with Crippen molar-refractivity contribution in [1.82, 2.24) is 10.3 Å². The topological polar surface area (TPSA) is 48.7 Å². The number of hydrogen-bond acceptors (Lipinski definition) is 3. The maximum Gasteiger partial charge on any atom is 0.0669 e. The summed E-state index contributed by atoms with van der Waals surface area (Å²) in [6, 6.07) is 6.20. The van der Waals surface area contributed by atoms with Crippen LogP contribution in [0.25, 0.3) is 0 Å². The first-order valence-corrected chi connectivity index (χ1v) is 4.86. The Labute approximate surface area is 84.8 Å². The molecule has 0 amide bonds. The molecular formula is C11H15N3. The minimum Gasteiger partial charge on any atom is -0.311 e. The number of nitrogens with one attached hydrogen (secondary N) is 1. The van der Waals surface area contributed by atoms with Crippen LogP contribution in [0.5, 0.6) is 0 Å². The van der Waals surface area contributed by atoms with E-state index in [1.165, 1.54) is 0 Å². The number of pyridine rings is 1. The van der Waals surface area contributed by atoms with E-state index in [4.69, 9.17) is 5.26 Å². The van der Waals surface area contributed by atoms with Gasteiger partial charge in [0.1, 0.15) is 0 Å². The Bertz CT molecular complexity index is 289. The molecule has 1 N–H and O–H groups in total. The van der Waals surface area contributed by atoms with E-state index in [9.17, 15) is 0 Å². The lowest BCUT2D eigenvalue weighted by Crippen LogP contribution is -2.21. The third-order valence-electron chi connectivity index (χ3n) is 2.12. The second-order valence-corrected chi connectivity index (χ2v) is 3.23. The van der Waals surface area contributed by atoms with Crippen molar-refractivity contribution in [3.8, 4) is 6.07 Å². The third kappa shape index (κ3) is 3.55. The average molecular weight is 189 g/mol. The van der Waals surface area contributed by atoms with Crippen LogP contribution in [-0.4, -0.2) is 11.5 Å². The monoisotopic (exact) mass is 189 g/mol. The van der Waals surface area contributed by atoms with Crippen molar-refractivity contribution in [1.29, 1.82) is 5.26 Å². The predicted octanol–water partition coefficient (Wildman–Crippen LogP) is 1.72. The first-order valence-electron chi connectivity index (χ1n) is 4.86. The fourth-order valence-electron chi connectivity index (χ4n) is 1.17. The zero-order chi connectivity index (χ0) is 10.2. The molecule has 0 aliphatic heterocycles. The first kappa shape index (κ1) is 10.7. The summed E-state index contributed by atoms with van der Waals surface area (Å²) in [5, 5.41) is 12.0. The largest absolute Gasteiger partial charge is 0.311 e. The Morgan fingerprint density at radius 2 is 2.50 bits per heavy atom. The van der Waals surface area contributed by atoms with Gasteiger partial charge in [0.15, 0.2) is 0 Å². The number of hydrogen-bond donors (Lipinski definition) is 1. The molecule has 74 valence electrons. The molecule has 0 saturated heterocycles. The minimum atomic E-state index is 0.117. The molecule has 14 heavy (non-hydrogen) atoms. The smallest absolute Gasteiger partial charge is 0.0669 e. The van der Waals surface area contributed by atoms with Crippen LogP contribution < -0.4 is 5.32 Å². The number of nitriles is 1. The molecule has 3 nitrogen and oxygen atoms in total. The van der Waals surface area contributed by atoms with Gasteiger partial charge in [-0.2, -0.15) is 5.26 Å². The number of rotatable bonds is 5. The maximum absolute atomic E-state index is 8.72. The summed E-state index contributed by atoms with van der Waals surface area (Å²) in [7, 11) is 0. The van der Waals surface area contributed by atoms with Crippen LogP contribution in [0.2, 0.25) is 0 Å². The molecule has 3 heteroatoms. The molecule has 1 rings (SSSR count). The lowest BCUT2D eigenvalue weighted by atomic mass is 10.1. The highest BCUT2D eigenvalue weighted by Gasteiger charge is 2.02. The molecule has 0 aromatic carbocycles. The van der Waals surface area contributed by atoms with Gasteiger partial charge in [-0.1, -0.05) is 13.0 Å². The van der Waals surface area contributed by atoms with Crippen LogP contribution in [-0.2, 0) is 6.54 Å². The van der Waals surface area contributed by atoms with E-state index >= 15 is 0 Å². The third-order valence-corrected chi connectivity index (χ3v) is 2.12. The first-order chi connectivity index (χ1) is 6.86. The summed E-state index contributed by atoms with van der Waals surface area (Å²) in [4.78, 5) is 4.02. The molecule has 1 aromatic heterocycles. The van der Waals surface area contributed by atoms with Gasteiger partial charge in [-0.3, -0.25) is 4.98 Å². The molecular weight excluding hydrogens is 174 g/mol. The van der Waals surface area contributed by atoms with Crippen molar-refractivity contribution in [2.45, 2.75) is 19.9 Å². The summed E-state index contributed by atoms with van der Waals surface area (Å²) in [6.07, 6.45) is 4.49. The highest BCUT2D eigenvalue weighted by Crippen LogP contribution is 1.99. The summed E-state index contributed by atoms with van der Waals surface area (Å²) in [5.41, 5.74) is 1.15. The molecule has 0 saturated carbocycles. The van der Waals surface area contributed by atoms with Crippen molar-refractivity contribution in [2.75, 3.05) is 6.54 Å². The summed E-state index contributed by atoms with van der Waals surface area (Å²) in [5.74, 6) is 0.117. The molecule has 1 atom stereocenters. The fraction of sp³-hybridized carbons (Fsp3) is 0.455. The van der Waals surface area contributed by atoms with Gasteiger partial charge in [0.05, 0.1) is 12.0 Å². The van der Waals surface area contributed by atoms with Gasteiger partial charge in [-0.15, -0.1) is 0 Å². The molecule has 1 unspecified atom stereocenters. The second kappa shape index (κ2) is 6.11. The zero-order valence-corrected chi connectivity index (χ0v) is 8.40. The quantitative estimate of drug-likeness (QED) is 0.767. The Balaban J connectivity index is 2.26. The van der Waals surface area contributed by atoms with E-state index in [0.29, 0.717) is 0 Å². The van der Waals surface area contributed by atoms with Crippen LogP contribution in [0.1, 0.15) is 18.9 Å². The summed E-state index contributed by atoms with van der Waals surface area (Å²) < 4.78 is 0. The molecule has 1 aromatic rings. The Hall–Kier alpha value is -1.40. The Kier molecular flexibility index (Phi) is 4.66. The van der Waals surface area contributed by atoms with Crippen LogP contribution in [0.15, 0.2) is 24.5 Å². The van der Waals surface area contributed by atoms with Crippen molar-refractivity contribution in [3.05, 3.63) is 30.1 Å². The van der Waals surface area contributed by atoms with E-state index in [1.807, 2.05) is 25.3 Å². The van der Waals surface area contributed by atoms with Crippen molar-refractivity contribution < 1.29 is 0 Å². The van der Waals surface area contributed by atoms with Gasteiger partial charge < -0.3 is 5.32 Å². The minimum absolute atomic E-state index is 0.117. The van der Waals surface area contributed by atoms with Gasteiger partial charge in [-0.25, -0.2) is 0 Å².